The minimum atomic E-state index is -0.527. The normalized spacial score (nSPS) is 13.9. The summed E-state index contributed by atoms with van der Waals surface area (Å²) >= 11 is 5.70. The van der Waals surface area contributed by atoms with Gasteiger partial charge in [0, 0.05) is 7.05 Å². The molecule has 0 fully saturated rings. The number of nitrogens with one attached hydrogen (secondary N) is 1. The fourth-order valence-corrected chi connectivity index (χ4v) is 3.47. The van der Waals surface area contributed by atoms with Gasteiger partial charge < -0.3 is 15.0 Å². The van der Waals surface area contributed by atoms with Gasteiger partial charge in [0.1, 0.15) is 6.54 Å². The van der Waals surface area contributed by atoms with Gasteiger partial charge in [0.25, 0.3) is 5.91 Å². The first-order valence-electron chi connectivity index (χ1n) is 9.69. The summed E-state index contributed by atoms with van der Waals surface area (Å²) in [4.78, 5) is 25.7. The fourth-order valence-electron chi connectivity index (χ4n) is 3.37. The summed E-state index contributed by atoms with van der Waals surface area (Å²) in [6.07, 6.45) is 4.67. The number of halogens is 1. The van der Waals surface area contributed by atoms with E-state index < -0.39 is 5.97 Å². The van der Waals surface area contributed by atoms with E-state index in [-0.39, 0.29) is 30.3 Å². The molecule has 29 heavy (non-hydrogen) atoms. The molecule has 1 unspecified atom stereocenters. The number of rotatable bonds is 7. The molecule has 1 aromatic heterocycles. The number of fused-ring (bicyclic) bond motifs is 1. The van der Waals surface area contributed by atoms with Crippen LogP contribution < -0.4 is 10.2 Å². The first kappa shape index (κ1) is 21.0. The van der Waals surface area contributed by atoms with Crippen molar-refractivity contribution in [2.24, 2.45) is 0 Å². The number of ether oxygens (including phenoxy) is 1. The molecular formula is C21H25ClN4O3. The summed E-state index contributed by atoms with van der Waals surface area (Å²) in [6, 6.07) is 9.47. The Morgan fingerprint density at radius 3 is 2.66 bits per heavy atom. The Balaban J connectivity index is 1.45. The minimum absolute atomic E-state index is 0.0516. The van der Waals surface area contributed by atoms with Crippen LogP contribution in [-0.2, 0) is 27.2 Å². The number of anilines is 1. The largest absolute Gasteiger partial charge is 0.454 e. The van der Waals surface area contributed by atoms with Crippen molar-refractivity contribution in [1.82, 2.24) is 15.5 Å². The van der Waals surface area contributed by atoms with E-state index in [0.29, 0.717) is 5.82 Å². The SMILES string of the molecule is CC(NC(=O)COC(=O)CN(C)c1ccc(Cl)nn1)c1ccc2c(c1)CCCC2. The van der Waals surface area contributed by atoms with E-state index in [0.717, 1.165) is 18.4 Å². The molecule has 1 N–H and O–H groups in total. The minimum Gasteiger partial charge on any atom is -0.454 e. The number of aromatic nitrogens is 2. The van der Waals surface area contributed by atoms with Crippen LogP contribution in [0.2, 0.25) is 5.15 Å². The molecule has 7 nitrogen and oxygen atoms in total. The smallest absolute Gasteiger partial charge is 0.326 e. The summed E-state index contributed by atoms with van der Waals surface area (Å²) in [5, 5.41) is 10.8. The van der Waals surface area contributed by atoms with Crippen LogP contribution in [-0.4, -0.2) is 42.3 Å². The third-order valence-corrected chi connectivity index (χ3v) is 5.19. The number of carbonyl (C=O) groups is 2. The van der Waals surface area contributed by atoms with E-state index in [1.54, 1.807) is 24.1 Å². The van der Waals surface area contributed by atoms with Gasteiger partial charge in [-0.25, -0.2) is 0 Å². The lowest BCUT2D eigenvalue weighted by atomic mass is 9.89. The van der Waals surface area contributed by atoms with Gasteiger partial charge in [0.15, 0.2) is 17.6 Å². The van der Waals surface area contributed by atoms with Gasteiger partial charge in [-0.3, -0.25) is 9.59 Å². The molecule has 0 spiro atoms. The van der Waals surface area contributed by atoms with E-state index in [4.69, 9.17) is 16.3 Å². The molecule has 1 aliphatic carbocycles. The Bertz CT molecular complexity index is 873. The molecule has 0 saturated carbocycles. The van der Waals surface area contributed by atoms with Gasteiger partial charge in [-0.1, -0.05) is 29.8 Å². The molecule has 1 amide bonds. The highest BCUT2D eigenvalue weighted by Gasteiger charge is 2.16. The Hall–Kier alpha value is -2.67. The van der Waals surface area contributed by atoms with Crippen molar-refractivity contribution in [1.29, 1.82) is 0 Å². The number of carbonyl (C=O) groups excluding carboxylic acids is 2. The standard InChI is InChI=1S/C21H25ClN4O3/c1-14(16-8-7-15-5-3-4-6-17(15)11-16)23-20(27)13-29-21(28)12-26(2)19-10-9-18(22)24-25-19/h7-11,14H,3-6,12-13H2,1-2H3,(H,23,27). The molecule has 0 bridgehead atoms. The second-order valence-electron chi connectivity index (χ2n) is 7.26. The van der Waals surface area contributed by atoms with E-state index in [1.807, 2.05) is 6.92 Å². The van der Waals surface area contributed by atoms with Crippen LogP contribution >= 0.6 is 11.6 Å². The van der Waals surface area contributed by atoms with Crippen LogP contribution in [0.5, 0.6) is 0 Å². The quantitative estimate of drug-likeness (QED) is 0.698. The van der Waals surface area contributed by atoms with Gasteiger partial charge in [0.2, 0.25) is 0 Å². The predicted molar refractivity (Wildman–Crippen MR) is 111 cm³/mol. The average molecular weight is 417 g/mol. The molecule has 8 heteroatoms. The number of esters is 1. The van der Waals surface area contributed by atoms with Gasteiger partial charge in [0.05, 0.1) is 6.04 Å². The molecule has 1 atom stereocenters. The highest BCUT2D eigenvalue weighted by Crippen LogP contribution is 2.24. The van der Waals surface area contributed by atoms with Crippen molar-refractivity contribution < 1.29 is 14.3 Å². The molecule has 3 rings (SSSR count). The van der Waals surface area contributed by atoms with E-state index in [1.165, 1.54) is 24.0 Å². The van der Waals surface area contributed by atoms with E-state index in [2.05, 4.69) is 33.7 Å². The summed E-state index contributed by atoms with van der Waals surface area (Å²) in [6.45, 7) is 1.55. The Morgan fingerprint density at radius 1 is 1.17 bits per heavy atom. The Morgan fingerprint density at radius 2 is 1.93 bits per heavy atom. The summed E-state index contributed by atoms with van der Waals surface area (Å²) in [7, 11) is 1.68. The van der Waals surface area contributed by atoms with Crippen LogP contribution in [0.15, 0.2) is 30.3 Å². The molecule has 0 saturated heterocycles. The van der Waals surface area contributed by atoms with Crippen LogP contribution in [0.4, 0.5) is 5.82 Å². The summed E-state index contributed by atoms with van der Waals surface area (Å²) < 4.78 is 5.08. The number of benzene rings is 1. The van der Waals surface area contributed by atoms with Gasteiger partial charge in [-0.2, -0.15) is 0 Å². The number of nitrogens with zero attached hydrogens (tertiary/aromatic N) is 3. The lowest BCUT2D eigenvalue weighted by Gasteiger charge is -2.20. The number of hydrogen-bond acceptors (Lipinski definition) is 6. The number of amides is 1. The van der Waals surface area contributed by atoms with Crippen molar-refractivity contribution in [3.8, 4) is 0 Å². The van der Waals surface area contributed by atoms with Gasteiger partial charge in [-0.15, -0.1) is 10.2 Å². The second kappa shape index (κ2) is 9.69. The molecule has 0 aliphatic heterocycles. The Kier molecular flexibility index (Phi) is 7.04. The van der Waals surface area contributed by atoms with Crippen molar-refractivity contribution in [3.63, 3.8) is 0 Å². The van der Waals surface area contributed by atoms with Crippen LogP contribution in [0.3, 0.4) is 0 Å². The lowest BCUT2D eigenvalue weighted by Crippen LogP contribution is -2.34. The number of aryl methyl sites for hydroxylation is 2. The highest BCUT2D eigenvalue weighted by atomic mass is 35.5. The third kappa shape index (κ3) is 5.90. The topological polar surface area (TPSA) is 84.4 Å². The lowest BCUT2D eigenvalue weighted by molar-refractivity contribution is -0.147. The molecule has 1 aliphatic rings. The Labute approximate surface area is 175 Å². The van der Waals surface area contributed by atoms with E-state index >= 15 is 0 Å². The first-order valence-corrected chi connectivity index (χ1v) is 10.1. The van der Waals surface area contributed by atoms with Crippen molar-refractivity contribution in [3.05, 3.63) is 52.2 Å². The molecule has 0 radical (unpaired) electrons. The maximum Gasteiger partial charge on any atom is 0.326 e. The molecule has 2 aromatic rings. The zero-order valence-electron chi connectivity index (χ0n) is 16.7. The maximum absolute atomic E-state index is 12.2. The molecular weight excluding hydrogens is 392 g/mol. The van der Waals surface area contributed by atoms with Crippen LogP contribution in [0.1, 0.15) is 42.5 Å². The molecule has 154 valence electrons. The number of hydrogen-bond donors (Lipinski definition) is 1. The van der Waals surface area contributed by atoms with Crippen molar-refractivity contribution >= 4 is 29.3 Å². The van der Waals surface area contributed by atoms with Gasteiger partial charge >= 0.3 is 5.97 Å². The van der Waals surface area contributed by atoms with Crippen molar-refractivity contribution in [2.75, 3.05) is 25.1 Å². The number of likely N-dealkylation sites (N-methyl/N-ethyl adjacent to an activating group) is 1. The third-order valence-electron chi connectivity index (χ3n) is 4.99. The summed E-state index contributed by atoms with van der Waals surface area (Å²) in [5.41, 5.74) is 3.84. The molecule has 1 aromatic carbocycles. The summed E-state index contributed by atoms with van der Waals surface area (Å²) in [5.74, 6) is -0.379. The zero-order chi connectivity index (χ0) is 20.8. The highest BCUT2D eigenvalue weighted by molar-refractivity contribution is 6.29. The fraction of sp³-hybridized carbons (Fsp3) is 0.429. The van der Waals surface area contributed by atoms with Crippen LogP contribution in [0, 0.1) is 0 Å². The van der Waals surface area contributed by atoms with Crippen molar-refractivity contribution in [2.45, 2.75) is 38.6 Å². The predicted octanol–water partition coefficient (Wildman–Crippen LogP) is 2.87. The monoisotopic (exact) mass is 416 g/mol. The van der Waals surface area contributed by atoms with Crippen LogP contribution in [0.25, 0.3) is 0 Å². The molecule has 1 heterocycles. The second-order valence-corrected chi connectivity index (χ2v) is 7.64. The first-order chi connectivity index (χ1) is 13.9. The van der Waals surface area contributed by atoms with E-state index in [9.17, 15) is 9.59 Å². The van der Waals surface area contributed by atoms with Gasteiger partial charge in [-0.05, 0) is 61.4 Å². The maximum atomic E-state index is 12.2. The zero-order valence-corrected chi connectivity index (χ0v) is 17.4. The average Bonchev–Trinajstić information content (AvgIpc) is 2.72.